The van der Waals surface area contributed by atoms with Crippen LogP contribution in [0.25, 0.3) is 10.8 Å². The Hall–Kier alpha value is -3.57. The molecule has 0 aliphatic rings. The van der Waals surface area contributed by atoms with Crippen LogP contribution in [0.4, 0.5) is 0 Å². The molecule has 1 atom stereocenters. The Balaban J connectivity index is 1.55. The highest BCUT2D eigenvalue weighted by molar-refractivity contribution is 5.87. The van der Waals surface area contributed by atoms with Gasteiger partial charge in [-0.2, -0.15) is 0 Å². The average molecular weight is 382 g/mol. The first-order valence-electron chi connectivity index (χ1n) is 9.57. The molecule has 0 saturated carbocycles. The average Bonchev–Trinajstić information content (AvgIpc) is 2.79. The van der Waals surface area contributed by atoms with Gasteiger partial charge < -0.3 is 5.32 Å². The van der Waals surface area contributed by atoms with E-state index < -0.39 is 6.04 Å². The van der Waals surface area contributed by atoms with Crippen LogP contribution in [-0.2, 0) is 17.9 Å². The molecular weight excluding hydrogens is 360 g/mol. The molecule has 0 aliphatic heterocycles. The summed E-state index contributed by atoms with van der Waals surface area (Å²) in [5.74, 6) is -0.0638. The minimum atomic E-state index is -0.463. The van der Waals surface area contributed by atoms with E-state index in [1.807, 2.05) is 42.5 Å². The van der Waals surface area contributed by atoms with E-state index in [2.05, 4.69) is 44.9 Å². The number of carbonyl (C=O) groups is 1. The van der Waals surface area contributed by atoms with Gasteiger partial charge in [0.05, 0.1) is 0 Å². The second-order valence-corrected chi connectivity index (χ2v) is 6.85. The Kier molecular flexibility index (Phi) is 5.88. The molecule has 5 heteroatoms. The second kappa shape index (κ2) is 9.08. The van der Waals surface area contributed by atoms with Gasteiger partial charge >= 0.3 is 0 Å². The number of rotatable bonds is 7. The van der Waals surface area contributed by atoms with E-state index in [9.17, 15) is 4.79 Å². The largest absolute Gasteiger partial charge is 0.350 e. The molecule has 0 bridgehead atoms. The molecule has 0 aliphatic carbocycles. The number of amides is 1. The zero-order chi connectivity index (χ0) is 19.9. The number of nitrogens with one attached hydrogen (secondary N) is 2. The van der Waals surface area contributed by atoms with Gasteiger partial charge in [-0.25, -0.2) is 0 Å². The SMILES string of the molecule is O=C(NCc1ccncc1)C(NCc1ccncc1)c1ccc2ccccc2c1. The molecule has 1 unspecified atom stereocenters. The van der Waals surface area contributed by atoms with Gasteiger partial charge in [-0.1, -0.05) is 36.4 Å². The first-order chi connectivity index (χ1) is 14.3. The van der Waals surface area contributed by atoms with Crippen LogP contribution in [-0.4, -0.2) is 15.9 Å². The first kappa shape index (κ1) is 18.8. The lowest BCUT2D eigenvalue weighted by Crippen LogP contribution is -2.37. The molecule has 4 aromatic rings. The number of benzene rings is 2. The Morgan fingerprint density at radius 1 is 0.759 bits per heavy atom. The maximum Gasteiger partial charge on any atom is 0.242 e. The predicted molar refractivity (Wildman–Crippen MR) is 114 cm³/mol. The number of fused-ring (bicyclic) bond motifs is 1. The second-order valence-electron chi connectivity index (χ2n) is 6.85. The van der Waals surface area contributed by atoms with Crippen LogP contribution in [0.5, 0.6) is 0 Å². The molecule has 29 heavy (non-hydrogen) atoms. The zero-order valence-corrected chi connectivity index (χ0v) is 16.0. The van der Waals surface area contributed by atoms with E-state index in [-0.39, 0.29) is 5.91 Å². The van der Waals surface area contributed by atoms with E-state index in [1.165, 1.54) is 0 Å². The fourth-order valence-corrected chi connectivity index (χ4v) is 3.26. The maximum atomic E-state index is 13.1. The molecule has 2 aromatic heterocycles. The standard InChI is InChI=1S/C24H22N4O/c29-24(28-17-19-9-13-26-14-10-19)23(27-16-18-7-11-25-12-8-18)22-6-5-20-3-1-2-4-21(20)15-22/h1-15,23,27H,16-17H2,(H,28,29). The summed E-state index contributed by atoms with van der Waals surface area (Å²) in [6.07, 6.45) is 6.96. The van der Waals surface area contributed by atoms with Crippen molar-refractivity contribution in [2.24, 2.45) is 0 Å². The number of hydrogen-bond donors (Lipinski definition) is 2. The van der Waals surface area contributed by atoms with Crippen LogP contribution in [0.15, 0.2) is 91.5 Å². The molecule has 1 amide bonds. The van der Waals surface area contributed by atoms with E-state index in [4.69, 9.17) is 0 Å². The third kappa shape index (κ3) is 4.83. The quantitative estimate of drug-likeness (QED) is 0.511. The molecule has 0 radical (unpaired) electrons. The number of hydrogen-bond acceptors (Lipinski definition) is 4. The van der Waals surface area contributed by atoms with Gasteiger partial charge in [-0.15, -0.1) is 0 Å². The molecule has 5 nitrogen and oxygen atoms in total. The minimum Gasteiger partial charge on any atom is -0.350 e. The summed E-state index contributed by atoms with van der Waals surface area (Å²) < 4.78 is 0. The van der Waals surface area contributed by atoms with Gasteiger partial charge in [-0.05, 0) is 57.8 Å². The van der Waals surface area contributed by atoms with Gasteiger partial charge in [0.1, 0.15) is 6.04 Å². The molecule has 0 fully saturated rings. The van der Waals surface area contributed by atoms with E-state index >= 15 is 0 Å². The van der Waals surface area contributed by atoms with Crippen LogP contribution in [0, 0.1) is 0 Å². The van der Waals surface area contributed by atoms with Crippen molar-refractivity contribution in [2.45, 2.75) is 19.1 Å². The summed E-state index contributed by atoms with van der Waals surface area (Å²) in [6.45, 7) is 1.03. The van der Waals surface area contributed by atoms with Gasteiger partial charge in [0, 0.05) is 37.9 Å². The van der Waals surface area contributed by atoms with Gasteiger partial charge in [-0.3, -0.25) is 20.1 Å². The van der Waals surface area contributed by atoms with Crippen molar-refractivity contribution in [1.82, 2.24) is 20.6 Å². The summed E-state index contributed by atoms with van der Waals surface area (Å²) in [5.41, 5.74) is 3.03. The zero-order valence-electron chi connectivity index (χ0n) is 16.0. The third-order valence-electron chi connectivity index (χ3n) is 4.84. The van der Waals surface area contributed by atoms with Crippen molar-refractivity contribution in [2.75, 3.05) is 0 Å². The molecule has 2 heterocycles. The molecule has 2 aromatic carbocycles. The fourth-order valence-electron chi connectivity index (χ4n) is 3.26. The van der Waals surface area contributed by atoms with Crippen molar-refractivity contribution in [3.05, 3.63) is 108 Å². The number of pyridine rings is 2. The molecule has 144 valence electrons. The highest BCUT2D eigenvalue weighted by atomic mass is 16.2. The van der Waals surface area contributed by atoms with Gasteiger partial charge in [0.2, 0.25) is 5.91 Å². The van der Waals surface area contributed by atoms with Crippen LogP contribution in [0.1, 0.15) is 22.7 Å². The highest BCUT2D eigenvalue weighted by Crippen LogP contribution is 2.21. The lowest BCUT2D eigenvalue weighted by molar-refractivity contribution is -0.123. The Morgan fingerprint density at radius 2 is 1.38 bits per heavy atom. The van der Waals surface area contributed by atoms with Crippen molar-refractivity contribution in [1.29, 1.82) is 0 Å². The Labute approximate surface area is 169 Å². The monoisotopic (exact) mass is 382 g/mol. The van der Waals surface area contributed by atoms with Crippen molar-refractivity contribution >= 4 is 16.7 Å². The Bertz CT molecular complexity index is 1080. The lowest BCUT2D eigenvalue weighted by atomic mass is 10.0. The summed E-state index contributed by atoms with van der Waals surface area (Å²) in [6, 6.07) is 21.5. The fraction of sp³-hybridized carbons (Fsp3) is 0.125. The molecular formula is C24H22N4O. The van der Waals surface area contributed by atoms with Crippen molar-refractivity contribution in [3.63, 3.8) is 0 Å². The van der Waals surface area contributed by atoms with E-state index in [0.29, 0.717) is 13.1 Å². The molecule has 2 N–H and O–H groups in total. The van der Waals surface area contributed by atoms with Crippen LogP contribution >= 0.6 is 0 Å². The first-order valence-corrected chi connectivity index (χ1v) is 9.57. The maximum absolute atomic E-state index is 13.1. The summed E-state index contributed by atoms with van der Waals surface area (Å²) in [4.78, 5) is 21.1. The number of aromatic nitrogens is 2. The van der Waals surface area contributed by atoms with E-state index in [0.717, 1.165) is 27.5 Å². The van der Waals surface area contributed by atoms with Crippen molar-refractivity contribution < 1.29 is 4.79 Å². The van der Waals surface area contributed by atoms with Gasteiger partial charge in [0.25, 0.3) is 0 Å². The summed E-state index contributed by atoms with van der Waals surface area (Å²) in [5, 5.41) is 8.71. The molecule has 4 rings (SSSR count). The smallest absolute Gasteiger partial charge is 0.242 e. The number of nitrogens with zero attached hydrogens (tertiary/aromatic N) is 2. The van der Waals surface area contributed by atoms with E-state index in [1.54, 1.807) is 24.8 Å². The van der Waals surface area contributed by atoms with Gasteiger partial charge in [0.15, 0.2) is 0 Å². The lowest BCUT2D eigenvalue weighted by Gasteiger charge is -2.20. The van der Waals surface area contributed by atoms with Crippen LogP contribution < -0.4 is 10.6 Å². The van der Waals surface area contributed by atoms with Crippen molar-refractivity contribution in [3.8, 4) is 0 Å². The minimum absolute atomic E-state index is 0.0638. The topological polar surface area (TPSA) is 66.9 Å². The Morgan fingerprint density at radius 3 is 2.07 bits per heavy atom. The third-order valence-corrected chi connectivity index (χ3v) is 4.84. The molecule has 0 spiro atoms. The normalized spacial score (nSPS) is 11.9. The molecule has 0 saturated heterocycles. The highest BCUT2D eigenvalue weighted by Gasteiger charge is 2.20. The number of carbonyl (C=O) groups excluding carboxylic acids is 1. The predicted octanol–water partition coefficient (Wildman–Crippen LogP) is 3.78. The van der Waals surface area contributed by atoms with Crippen LogP contribution in [0.2, 0.25) is 0 Å². The summed E-state index contributed by atoms with van der Waals surface area (Å²) in [7, 11) is 0. The van der Waals surface area contributed by atoms with Crippen LogP contribution in [0.3, 0.4) is 0 Å². The summed E-state index contributed by atoms with van der Waals surface area (Å²) >= 11 is 0.